The minimum Gasteiger partial charge on any atom is -0.388 e. The fraction of sp³-hybridized carbons (Fsp3) is 0.111. The van der Waals surface area contributed by atoms with Gasteiger partial charge in [0.05, 0.1) is 0 Å². The number of rotatable bonds is 2. The highest BCUT2D eigenvalue weighted by Crippen LogP contribution is 2.10. The molecule has 70 valence electrons. The molecule has 1 aromatic carbocycles. The molecule has 2 aromatic rings. The van der Waals surface area contributed by atoms with Crippen molar-refractivity contribution in [1.82, 2.24) is 20.4 Å². The summed E-state index contributed by atoms with van der Waals surface area (Å²) in [6, 6.07) is 9.43. The van der Waals surface area contributed by atoms with Crippen LogP contribution in [0.5, 0.6) is 0 Å². The van der Waals surface area contributed by atoms with Gasteiger partial charge in [-0.1, -0.05) is 30.3 Å². The fourth-order valence-corrected chi connectivity index (χ4v) is 1.02. The minimum absolute atomic E-state index is 0.227. The van der Waals surface area contributed by atoms with E-state index in [0.717, 1.165) is 5.56 Å². The summed E-state index contributed by atoms with van der Waals surface area (Å²) in [5, 5.41) is 23.8. The Kier molecular flexibility index (Phi) is 2.42. The minimum atomic E-state index is -0.241. The van der Waals surface area contributed by atoms with Crippen LogP contribution < -0.4 is 0 Å². The van der Waals surface area contributed by atoms with Gasteiger partial charge in [0.15, 0.2) is 5.82 Å². The standard InChI is InChI=1S/C9H8N4O/c14-6-8-10-12-9(13-11-8)7-4-2-1-3-5-7/h1-5,14H,6H2. The monoisotopic (exact) mass is 188 g/mol. The third-order valence-corrected chi connectivity index (χ3v) is 1.69. The average Bonchev–Trinajstić information content (AvgIpc) is 2.30. The van der Waals surface area contributed by atoms with Crippen LogP contribution in [0.4, 0.5) is 0 Å². The first kappa shape index (κ1) is 8.71. The highest BCUT2D eigenvalue weighted by Gasteiger charge is 2.01. The van der Waals surface area contributed by atoms with Crippen LogP contribution >= 0.6 is 0 Å². The molecule has 0 unspecified atom stereocenters. The molecule has 0 radical (unpaired) electrons. The van der Waals surface area contributed by atoms with Crippen molar-refractivity contribution in [2.24, 2.45) is 0 Å². The van der Waals surface area contributed by atoms with E-state index < -0.39 is 0 Å². The van der Waals surface area contributed by atoms with Crippen molar-refractivity contribution >= 4 is 0 Å². The van der Waals surface area contributed by atoms with Crippen LogP contribution in [0.3, 0.4) is 0 Å². The summed E-state index contributed by atoms with van der Waals surface area (Å²) < 4.78 is 0. The SMILES string of the molecule is OCc1nnc(-c2ccccc2)nn1. The van der Waals surface area contributed by atoms with Gasteiger partial charge >= 0.3 is 0 Å². The van der Waals surface area contributed by atoms with Crippen LogP contribution in [-0.2, 0) is 6.61 Å². The molecule has 0 spiro atoms. The smallest absolute Gasteiger partial charge is 0.203 e. The van der Waals surface area contributed by atoms with Gasteiger partial charge in [-0.15, -0.1) is 20.4 Å². The third-order valence-electron chi connectivity index (χ3n) is 1.69. The molecule has 1 N–H and O–H groups in total. The Morgan fingerprint density at radius 3 is 2.14 bits per heavy atom. The van der Waals surface area contributed by atoms with Gasteiger partial charge in [-0.05, 0) is 0 Å². The Balaban J connectivity index is 2.34. The van der Waals surface area contributed by atoms with Crippen molar-refractivity contribution in [3.8, 4) is 11.4 Å². The largest absolute Gasteiger partial charge is 0.388 e. The van der Waals surface area contributed by atoms with Crippen molar-refractivity contribution in [2.75, 3.05) is 0 Å². The van der Waals surface area contributed by atoms with Crippen LogP contribution in [0.15, 0.2) is 30.3 Å². The summed E-state index contributed by atoms with van der Waals surface area (Å²) in [5.41, 5.74) is 0.858. The zero-order valence-corrected chi connectivity index (χ0v) is 7.33. The van der Waals surface area contributed by atoms with Crippen LogP contribution in [0.2, 0.25) is 0 Å². The summed E-state index contributed by atoms with van der Waals surface area (Å²) in [6.45, 7) is -0.241. The van der Waals surface area contributed by atoms with Crippen molar-refractivity contribution in [3.05, 3.63) is 36.2 Å². The lowest BCUT2D eigenvalue weighted by atomic mass is 10.2. The Bertz CT molecular complexity index is 401. The molecule has 0 fully saturated rings. The van der Waals surface area contributed by atoms with Gasteiger partial charge in [0.25, 0.3) is 0 Å². The summed E-state index contributed by atoms with van der Waals surface area (Å²) >= 11 is 0. The number of hydrogen-bond acceptors (Lipinski definition) is 5. The van der Waals surface area contributed by atoms with Gasteiger partial charge in [-0.3, -0.25) is 0 Å². The third kappa shape index (κ3) is 1.72. The summed E-state index contributed by atoms with van der Waals surface area (Å²) in [7, 11) is 0. The lowest BCUT2D eigenvalue weighted by Crippen LogP contribution is -2.02. The quantitative estimate of drug-likeness (QED) is 0.739. The number of aliphatic hydroxyl groups is 1. The first-order valence-electron chi connectivity index (χ1n) is 4.12. The van der Waals surface area contributed by atoms with Gasteiger partial charge in [-0.2, -0.15) is 0 Å². The second-order valence-electron chi connectivity index (χ2n) is 2.66. The van der Waals surface area contributed by atoms with Crippen LogP contribution in [-0.4, -0.2) is 25.5 Å². The molecule has 0 amide bonds. The van der Waals surface area contributed by atoms with E-state index in [9.17, 15) is 0 Å². The lowest BCUT2D eigenvalue weighted by molar-refractivity contribution is 0.267. The van der Waals surface area contributed by atoms with Gasteiger partial charge in [0.2, 0.25) is 5.82 Å². The van der Waals surface area contributed by atoms with Gasteiger partial charge in [-0.25, -0.2) is 0 Å². The van der Waals surface area contributed by atoms with E-state index >= 15 is 0 Å². The maximum absolute atomic E-state index is 8.69. The van der Waals surface area contributed by atoms with E-state index in [1.165, 1.54) is 0 Å². The summed E-state index contributed by atoms with van der Waals surface area (Å²) in [6.07, 6.45) is 0. The number of aliphatic hydroxyl groups excluding tert-OH is 1. The number of aromatic nitrogens is 4. The van der Waals surface area contributed by atoms with E-state index in [1.807, 2.05) is 30.3 Å². The summed E-state index contributed by atoms with van der Waals surface area (Å²) in [5.74, 6) is 0.687. The number of hydrogen-bond donors (Lipinski definition) is 1. The molecule has 0 saturated carbocycles. The molecular weight excluding hydrogens is 180 g/mol. The Morgan fingerprint density at radius 1 is 0.929 bits per heavy atom. The van der Waals surface area contributed by atoms with E-state index in [-0.39, 0.29) is 12.4 Å². The van der Waals surface area contributed by atoms with Crippen molar-refractivity contribution in [2.45, 2.75) is 6.61 Å². The van der Waals surface area contributed by atoms with Crippen LogP contribution in [0.25, 0.3) is 11.4 Å². The molecular formula is C9H8N4O. The molecule has 2 rings (SSSR count). The lowest BCUT2D eigenvalue weighted by Gasteiger charge is -1.97. The van der Waals surface area contributed by atoms with Crippen molar-refractivity contribution < 1.29 is 5.11 Å². The molecule has 0 atom stereocenters. The second-order valence-corrected chi connectivity index (χ2v) is 2.66. The van der Waals surface area contributed by atoms with E-state index in [2.05, 4.69) is 20.4 Å². The van der Waals surface area contributed by atoms with Crippen LogP contribution in [0.1, 0.15) is 5.82 Å². The predicted molar refractivity (Wildman–Crippen MR) is 49.0 cm³/mol. The normalized spacial score (nSPS) is 10.1. The van der Waals surface area contributed by atoms with Crippen molar-refractivity contribution in [1.29, 1.82) is 0 Å². The van der Waals surface area contributed by atoms with E-state index in [4.69, 9.17) is 5.11 Å². The Labute approximate surface area is 80.5 Å². The maximum Gasteiger partial charge on any atom is 0.203 e. The molecule has 1 heterocycles. The zero-order chi connectivity index (χ0) is 9.80. The molecule has 14 heavy (non-hydrogen) atoms. The fourth-order valence-electron chi connectivity index (χ4n) is 1.02. The van der Waals surface area contributed by atoms with Gasteiger partial charge in [0.1, 0.15) is 6.61 Å². The van der Waals surface area contributed by atoms with Crippen molar-refractivity contribution in [3.63, 3.8) is 0 Å². The molecule has 0 aliphatic carbocycles. The molecule has 0 aliphatic rings. The van der Waals surface area contributed by atoms with Crippen LogP contribution in [0, 0.1) is 0 Å². The second kappa shape index (κ2) is 3.89. The first-order chi connectivity index (χ1) is 6.90. The first-order valence-corrected chi connectivity index (χ1v) is 4.12. The Hall–Kier alpha value is -1.88. The highest BCUT2D eigenvalue weighted by atomic mass is 16.3. The van der Waals surface area contributed by atoms with Gasteiger partial charge in [0, 0.05) is 5.56 Å². The maximum atomic E-state index is 8.69. The van der Waals surface area contributed by atoms with E-state index in [1.54, 1.807) is 0 Å². The Morgan fingerprint density at radius 2 is 1.57 bits per heavy atom. The molecule has 0 aliphatic heterocycles. The predicted octanol–water partition coefficient (Wildman–Crippen LogP) is 0.426. The number of nitrogens with zero attached hydrogens (tertiary/aromatic N) is 4. The van der Waals surface area contributed by atoms with E-state index in [0.29, 0.717) is 5.82 Å². The number of benzene rings is 1. The topological polar surface area (TPSA) is 71.8 Å². The van der Waals surface area contributed by atoms with Gasteiger partial charge < -0.3 is 5.11 Å². The average molecular weight is 188 g/mol. The highest BCUT2D eigenvalue weighted by molar-refractivity contribution is 5.52. The molecule has 0 bridgehead atoms. The zero-order valence-electron chi connectivity index (χ0n) is 7.33. The summed E-state index contributed by atoms with van der Waals surface area (Å²) in [4.78, 5) is 0. The molecule has 1 aromatic heterocycles. The molecule has 5 heteroatoms. The molecule has 0 saturated heterocycles. The molecule has 5 nitrogen and oxygen atoms in total.